The molecule has 2 aromatic rings. The summed E-state index contributed by atoms with van der Waals surface area (Å²) in [5, 5.41) is 0. The summed E-state index contributed by atoms with van der Waals surface area (Å²) >= 11 is 0. The highest BCUT2D eigenvalue weighted by Gasteiger charge is 2.15. The molecule has 0 radical (unpaired) electrons. The Labute approximate surface area is 161 Å². The van der Waals surface area contributed by atoms with Crippen LogP contribution in [0.25, 0.3) is 0 Å². The molecule has 0 saturated carbocycles. The zero-order valence-corrected chi connectivity index (χ0v) is 16.5. The zero-order valence-electron chi connectivity index (χ0n) is 15.7. The topological polar surface area (TPSA) is 58.6 Å². The number of aryl methyl sites for hydroxylation is 1. The Morgan fingerprint density at radius 2 is 1.93 bits per heavy atom. The second-order valence-corrected chi connectivity index (χ2v) is 8.31. The van der Waals surface area contributed by atoms with Crippen LogP contribution in [0.5, 0.6) is 5.75 Å². The van der Waals surface area contributed by atoms with E-state index >= 15 is 0 Å². The Morgan fingerprint density at radius 3 is 2.67 bits per heavy atom. The van der Waals surface area contributed by atoms with E-state index < -0.39 is 10.0 Å². The normalized spacial score (nSPS) is 14.1. The van der Waals surface area contributed by atoms with Gasteiger partial charge in [-0.05, 0) is 48.2 Å². The molecule has 0 bridgehead atoms. The Hall–Kier alpha value is -2.33. The van der Waals surface area contributed by atoms with Gasteiger partial charge < -0.3 is 4.74 Å². The van der Waals surface area contributed by atoms with Gasteiger partial charge in [0.25, 0.3) is 0 Å². The van der Waals surface area contributed by atoms with Crippen molar-refractivity contribution in [1.29, 1.82) is 0 Å². The molecule has 1 heterocycles. The third-order valence-corrected chi connectivity index (χ3v) is 6.06. The van der Waals surface area contributed by atoms with Crippen LogP contribution in [0.15, 0.2) is 47.4 Å². The molecule has 1 N–H and O–H groups in total. The average molecular weight is 385 g/mol. The molecule has 0 fully saturated rings. The predicted octanol–water partition coefficient (Wildman–Crippen LogP) is 2.34. The van der Waals surface area contributed by atoms with Crippen LogP contribution < -0.4 is 9.46 Å². The van der Waals surface area contributed by atoms with Crippen LogP contribution in [-0.2, 0) is 23.0 Å². The van der Waals surface area contributed by atoms with Crippen LogP contribution in [-0.4, -0.2) is 40.1 Å². The highest BCUT2D eigenvalue weighted by Crippen LogP contribution is 2.21. The van der Waals surface area contributed by atoms with E-state index in [4.69, 9.17) is 4.74 Å². The van der Waals surface area contributed by atoms with Crippen molar-refractivity contribution in [2.24, 2.45) is 0 Å². The summed E-state index contributed by atoms with van der Waals surface area (Å²) in [5.41, 5.74) is 3.53. The number of nitrogens with zero attached hydrogens (tertiary/aromatic N) is 1. The van der Waals surface area contributed by atoms with Gasteiger partial charge >= 0.3 is 0 Å². The van der Waals surface area contributed by atoms with Crippen molar-refractivity contribution in [3.63, 3.8) is 0 Å². The summed E-state index contributed by atoms with van der Waals surface area (Å²) in [6.07, 6.45) is 1.03. The van der Waals surface area contributed by atoms with Crippen molar-refractivity contribution in [2.75, 3.05) is 26.7 Å². The lowest BCUT2D eigenvalue weighted by Crippen LogP contribution is -2.31. The number of sulfonamides is 1. The third-order valence-electron chi connectivity index (χ3n) is 4.66. The molecule has 0 amide bonds. The summed E-state index contributed by atoms with van der Waals surface area (Å²) in [6, 6.07) is 13.2. The molecule has 142 valence electrons. The molecule has 0 aliphatic carbocycles. The van der Waals surface area contributed by atoms with Gasteiger partial charge in [-0.2, -0.15) is 4.72 Å². The molecule has 0 atom stereocenters. The molecule has 1 aliphatic heterocycles. The first kappa shape index (κ1) is 19.4. The van der Waals surface area contributed by atoms with Gasteiger partial charge in [-0.1, -0.05) is 36.1 Å². The fourth-order valence-electron chi connectivity index (χ4n) is 3.15. The van der Waals surface area contributed by atoms with Gasteiger partial charge in [-0.3, -0.25) is 4.90 Å². The molecule has 27 heavy (non-hydrogen) atoms. The molecule has 6 heteroatoms. The fourth-order valence-corrected chi connectivity index (χ4v) is 4.16. The highest BCUT2D eigenvalue weighted by molar-refractivity contribution is 7.89. The zero-order chi connectivity index (χ0) is 19.3. The molecule has 0 spiro atoms. The quantitative estimate of drug-likeness (QED) is 0.804. The minimum atomic E-state index is -3.57. The van der Waals surface area contributed by atoms with Crippen LogP contribution in [0.2, 0.25) is 0 Å². The van der Waals surface area contributed by atoms with Crippen LogP contribution in [0, 0.1) is 18.8 Å². The smallest absolute Gasteiger partial charge is 0.241 e. The van der Waals surface area contributed by atoms with E-state index in [1.807, 2.05) is 6.92 Å². The summed E-state index contributed by atoms with van der Waals surface area (Å²) < 4.78 is 32.4. The maximum Gasteiger partial charge on any atom is 0.241 e. The Morgan fingerprint density at radius 1 is 1.15 bits per heavy atom. The SMILES string of the molecule is COc1ccc(S(=O)(=O)NCC#CCN2CCc3ccccc3C2)cc1C. The number of benzene rings is 2. The lowest BCUT2D eigenvalue weighted by atomic mass is 10.0. The maximum absolute atomic E-state index is 12.4. The van der Waals surface area contributed by atoms with E-state index in [-0.39, 0.29) is 11.4 Å². The minimum absolute atomic E-state index is 0.0951. The molecule has 0 saturated heterocycles. The number of rotatable bonds is 5. The van der Waals surface area contributed by atoms with Crippen molar-refractivity contribution >= 4 is 10.0 Å². The first-order valence-electron chi connectivity index (χ1n) is 8.89. The highest BCUT2D eigenvalue weighted by atomic mass is 32.2. The van der Waals surface area contributed by atoms with Crippen LogP contribution in [0.1, 0.15) is 16.7 Å². The molecule has 3 rings (SSSR count). The molecule has 5 nitrogen and oxygen atoms in total. The number of hydrogen-bond acceptors (Lipinski definition) is 4. The maximum atomic E-state index is 12.4. The van der Waals surface area contributed by atoms with Gasteiger partial charge in [0.2, 0.25) is 10.0 Å². The molecule has 0 unspecified atom stereocenters. The van der Waals surface area contributed by atoms with Crippen molar-refractivity contribution in [1.82, 2.24) is 9.62 Å². The standard InChI is InChI=1S/C21H24N2O3S/c1-17-15-20(9-10-21(17)26-2)27(24,25)22-12-5-6-13-23-14-11-18-7-3-4-8-19(18)16-23/h3-4,7-10,15,22H,11-14,16H2,1-2H3. The van der Waals surface area contributed by atoms with E-state index in [0.717, 1.165) is 25.1 Å². The van der Waals surface area contributed by atoms with Crippen LogP contribution >= 0.6 is 0 Å². The monoisotopic (exact) mass is 384 g/mol. The number of ether oxygens (including phenoxy) is 1. The Balaban J connectivity index is 1.52. The lowest BCUT2D eigenvalue weighted by molar-refractivity contribution is 0.286. The van der Waals surface area contributed by atoms with Gasteiger partial charge in [-0.25, -0.2) is 8.42 Å². The fraction of sp³-hybridized carbons (Fsp3) is 0.333. The minimum Gasteiger partial charge on any atom is -0.496 e. The van der Waals surface area contributed by atoms with E-state index in [1.54, 1.807) is 19.2 Å². The summed E-state index contributed by atoms with van der Waals surface area (Å²) in [6.45, 7) is 4.41. The number of fused-ring (bicyclic) bond motifs is 1. The summed E-state index contributed by atoms with van der Waals surface area (Å²) in [4.78, 5) is 2.49. The lowest BCUT2D eigenvalue weighted by Gasteiger charge is -2.26. The second-order valence-electron chi connectivity index (χ2n) is 6.54. The number of hydrogen-bond donors (Lipinski definition) is 1. The van der Waals surface area contributed by atoms with Crippen molar-refractivity contribution in [3.05, 3.63) is 59.2 Å². The van der Waals surface area contributed by atoms with Crippen molar-refractivity contribution < 1.29 is 13.2 Å². The van der Waals surface area contributed by atoms with Gasteiger partial charge in [0.15, 0.2) is 0 Å². The van der Waals surface area contributed by atoms with Gasteiger partial charge in [0, 0.05) is 13.1 Å². The number of nitrogens with one attached hydrogen (secondary N) is 1. The summed E-state index contributed by atoms with van der Waals surface area (Å²) in [5.74, 6) is 6.65. The third kappa shape index (κ3) is 4.89. The average Bonchev–Trinajstić information content (AvgIpc) is 2.67. The van der Waals surface area contributed by atoms with Gasteiger partial charge in [-0.15, -0.1) is 0 Å². The van der Waals surface area contributed by atoms with Crippen molar-refractivity contribution in [3.8, 4) is 17.6 Å². The number of methoxy groups -OCH3 is 1. The molecule has 1 aliphatic rings. The van der Waals surface area contributed by atoms with E-state index in [2.05, 4.69) is 45.7 Å². The molecule has 0 aromatic heterocycles. The van der Waals surface area contributed by atoms with Gasteiger partial charge in [0.1, 0.15) is 5.75 Å². The van der Waals surface area contributed by atoms with E-state index in [9.17, 15) is 8.42 Å². The van der Waals surface area contributed by atoms with E-state index in [0.29, 0.717) is 12.3 Å². The largest absolute Gasteiger partial charge is 0.496 e. The summed E-state index contributed by atoms with van der Waals surface area (Å²) in [7, 11) is -2.01. The first-order chi connectivity index (χ1) is 13.0. The predicted molar refractivity (Wildman–Crippen MR) is 106 cm³/mol. The van der Waals surface area contributed by atoms with E-state index in [1.165, 1.54) is 17.2 Å². The molecular formula is C21H24N2O3S. The second kappa shape index (κ2) is 8.57. The first-order valence-corrected chi connectivity index (χ1v) is 10.4. The molecular weight excluding hydrogens is 360 g/mol. The van der Waals surface area contributed by atoms with Crippen LogP contribution in [0.3, 0.4) is 0 Å². The Kier molecular flexibility index (Phi) is 6.17. The molecule has 2 aromatic carbocycles. The van der Waals surface area contributed by atoms with Crippen molar-refractivity contribution in [2.45, 2.75) is 24.8 Å². The Bertz CT molecular complexity index is 974. The van der Waals surface area contributed by atoms with Gasteiger partial charge in [0.05, 0.1) is 25.1 Å². The van der Waals surface area contributed by atoms with Crippen LogP contribution in [0.4, 0.5) is 0 Å².